The maximum Gasteiger partial charge on any atom is 0.0781 e. The molecule has 0 fully saturated rings. The normalized spacial score (nSPS) is 14.9. The topological polar surface area (TPSA) is 77.4 Å². The lowest BCUT2D eigenvalue weighted by Gasteiger charge is -2.18. The highest BCUT2D eigenvalue weighted by atomic mass is 16.6. The first-order chi connectivity index (χ1) is 10.5. The van der Waals surface area contributed by atoms with Crippen molar-refractivity contribution in [2.45, 2.75) is 58.8 Å². The van der Waals surface area contributed by atoms with Gasteiger partial charge in [-0.25, -0.2) is 0 Å². The van der Waals surface area contributed by atoms with Gasteiger partial charge in [0.15, 0.2) is 0 Å². The van der Waals surface area contributed by atoms with Crippen LogP contribution in [0.5, 0.6) is 0 Å². The van der Waals surface area contributed by atoms with Crippen LogP contribution in [-0.4, -0.2) is 75.3 Å². The van der Waals surface area contributed by atoms with Gasteiger partial charge in [-0.15, -0.1) is 0 Å². The molecule has 0 spiro atoms. The Morgan fingerprint density at radius 3 is 1.95 bits per heavy atom. The highest BCUT2D eigenvalue weighted by Gasteiger charge is 2.07. The standard InChI is InChI=1S/C10H22O4.C6H14O2/c1-8(5-11)13-7-10(3)14-6-9(2)12-4;1-2-3-5-8-6-4-7/h8-11H,5-7H2,1-4H3;7H,2-6H2,1H3. The van der Waals surface area contributed by atoms with Crippen LogP contribution in [0.15, 0.2) is 0 Å². The van der Waals surface area contributed by atoms with Crippen LogP contribution in [0, 0.1) is 0 Å². The van der Waals surface area contributed by atoms with E-state index < -0.39 is 0 Å². The van der Waals surface area contributed by atoms with Crippen LogP contribution in [0.2, 0.25) is 0 Å². The molecule has 0 saturated carbocycles. The van der Waals surface area contributed by atoms with Crippen molar-refractivity contribution in [3.05, 3.63) is 0 Å². The molecular formula is C16H36O6. The molecule has 0 radical (unpaired) electrons. The Morgan fingerprint density at radius 2 is 1.45 bits per heavy atom. The Balaban J connectivity index is 0. The first-order valence-electron chi connectivity index (χ1n) is 8.07. The number of methoxy groups -OCH3 is 1. The van der Waals surface area contributed by atoms with Gasteiger partial charge in [-0.1, -0.05) is 13.3 Å². The minimum absolute atomic E-state index is 0.0293. The van der Waals surface area contributed by atoms with Gasteiger partial charge in [-0.05, 0) is 27.2 Å². The summed E-state index contributed by atoms with van der Waals surface area (Å²) in [4.78, 5) is 0. The Labute approximate surface area is 135 Å². The Bertz CT molecular complexity index is 183. The third-order valence-electron chi connectivity index (χ3n) is 2.77. The number of hydrogen-bond acceptors (Lipinski definition) is 6. The summed E-state index contributed by atoms with van der Waals surface area (Å²) in [7, 11) is 1.66. The summed E-state index contributed by atoms with van der Waals surface area (Å²) in [6, 6.07) is 0. The van der Waals surface area contributed by atoms with Gasteiger partial charge in [0.25, 0.3) is 0 Å². The molecule has 136 valence electrons. The second-order valence-electron chi connectivity index (χ2n) is 5.21. The Hall–Kier alpha value is -0.240. The molecule has 2 N–H and O–H groups in total. The molecule has 0 saturated heterocycles. The van der Waals surface area contributed by atoms with E-state index in [-0.39, 0.29) is 31.5 Å². The molecule has 6 nitrogen and oxygen atoms in total. The minimum Gasteiger partial charge on any atom is -0.394 e. The molecular weight excluding hydrogens is 288 g/mol. The molecule has 3 unspecified atom stereocenters. The van der Waals surface area contributed by atoms with Gasteiger partial charge >= 0.3 is 0 Å². The van der Waals surface area contributed by atoms with E-state index in [0.717, 1.165) is 19.4 Å². The third-order valence-corrected chi connectivity index (χ3v) is 2.77. The van der Waals surface area contributed by atoms with Crippen molar-refractivity contribution in [2.75, 3.05) is 46.8 Å². The first kappa shape index (κ1) is 24.0. The van der Waals surface area contributed by atoms with Crippen LogP contribution in [0.3, 0.4) is 0 Å². The van der Waals surface area contributed by atoms with Gasteiger partial charge in [-0.3, -0.25) is 0 Å². The fraction of sp³-hybridized carbons (Fsp3) is 1.00. The predicted octanol–water partition coefficient (Wildman–Crippen LogP) is 1.62. The summed E-state index contributed by atoms with van der Waals surface area (Å²) in [6.07, 6.45) is 2.26. The van der Waals surface area contributed by atoms with Crippen molar-refractivity contribution in [3.63, 3.8) is 0 Å². The molecule has 0 aromatic rings. The lowest BCUT2D eigenvalue weighted by molar-refractivity contribution is -0.0677. The van der Waals surface area contributed by atoms with Gasteiger partial charge in [0.2, 0.25) is 0 Å². The quantitative estimate of drug-likeness (QED) is 0.501. The van der Waals surface area contributed by atoms with Crippen LogP contribution >= 0.6 is 0 Å². The summed E-state index contributed by atoms with van der Waals surface area (Å²) in [6.45, 7) is 10.3. The number of rotatable bonds is 13. The zero-order valence-corrected chi connectivity index (χ0v) is 14.9. The maximum absolute atomic E-state index is 8.72. The summed E-state index contributed by atoms with van der Waals surface area (Å²) >= 11 is 0. The lowest BCUT2D eigenvalue weighted by atomic mass is 10.4. The summed E-state index contributed by atoms with van der Waals surface area (Å²) in [5, 5.41) is 17.0. The predicted molar refractivity (Wildman–Crippen MR) is 87.2 cm³/mol. The molecule has 0 amide bonds. The second kappa shape index (κ2) is 18.8. The highest BCUT2D eigenvalue weighted by molar-refractivity contribution is 4.53. The summed E-state index contributed by atoms with van der Waals surface area (Å²) in [5.41, 5.74) is 0. The van der Waals surface area contributed by atoms with E-state index in [2.05, 4.69) is 6.92 Å². The van der Waals surface area contributed by atoms with Crippen molar-refractivity contribution in [2.24, 2.45) is 0 Å². The SMILES string of the molecule is CCCCOCCO.COC(C)COC(C)COC(C)CO. The number of unbranched alkanes of at least 4 members (excludes halogenated alkanes) is 1. The average molecular weight is 324 g/mol. The van der Waals surface area contributed by atoms with Crippen molar-refractivity contribution >= 4 is 0 Å². The number of ether oxygens (including phenoxy) is 4. The first-order valence-corrected chi connectivity index (χ1v) is 8.07. The van der Waals surface area contributed by atoms with Gasteiger partial charge in [0, 0.05) is 13.7 Å². The molecule has 0 aliphatic heterocycles. The molecule has 0 rings (SSSR count). The molecule has 0 heterocycles. The smallest absolute Gasteiger partial charge is 0.0781 e. The number of aliphatic hydroxyl groups excluding tert-OH is 2. The van der Waals surface area contributed by atoms with Crippen LogP contribution < -0.4 is 0 Å². The summed E-state index contributed by atoms with van der Waals surface area (Å²) < 4.78 is 20.8. The van der Waals surface area contributed by atoms with Crippen LogP contribution in [-0.2, 0) is 18.9 Å². The van der Waals surface area contributed by atoms with E-state index in [9.17, 15) is 0 Å². The molecule has 0 aliphatic carbocycles. The van der Waals surface area contributed by atoms with E-state index in [0.29, 0.717) is 19.8 Å². The lowest BCUT2D eigenvalue weighted by Crippen LogP contribution is -2.25. The van der Waals surface area contributed by atoms with E-state index in [1.54, 1.807) is 7.11 Å². The zero-order chi connectivity index (χ0) is 17.2. The van der Waals surface area contributed by atoms with Gasteiger partial charge in [0.1, 0.15) is 0 Å². The van der Waals surface area contributed by atoms with E-state index >= 15 is 0 Å². The average Bonchev–Trinajstić information content (AvgIpc) is 2.54. The zero-order valence-electron chi connectivity index (χ0n) is 14.9. The molecule has 3 atom stereocenters. The van der Waals surface area contributed by atoms with Crippen LogP contribution in [0.4, 0.5) is 0 Å². The Kier molecular flexibility index (Phi) is 20.5. The van der Waals surface area contributed by atoms with Crippen molar-refractivity contribution in [1.82, 2.24) is 0 Å². The maximum atomic E-state index is 8.72. The molecule has 0 aromatic heterocycles. The molecule has 0 aromatic carbocycles. The van der Waals surface area contributed by atoms with Gasteiger partial charge in [0.05, 0.1) is 51.3 Å². The van der Waals surface area contributed by atoms with E-state index in [4.69, 9.17) is 29.2 Å². The molecule has 6 heteroatoms. The number of aliphatic hydroxyl groups is 2. The monoisotopic (exact) mass is 324 g/mol. The van der Waals surface area contributed by atoms with Gasteiger partial charge < -0.3 is 29.2 Å². The van der Waals surface area contributed by atoms with E-state index in [1.807, 2.05) is 20.8 Å². The molecule has 0 aliphatic rings. The second-order valence-corrected chi connectivity index (χ2v) is 5.21. The van der Waals surface area contributed by atoms with Crippen LogP contribution in [0.1, 0.15) is 40.5 Å². The van der Waals surface area contributed by atoms with Crippen molar-refractivity contribution in [3.8, 4) is 0 Å². The van der Waals surface area contributed by atoms with Crippen molar-refractivity contribution in [1.29, 1.82) is 0 Å². The third kappa shape index (κ3) is 19.8. The van der Waals surface area contributed by atoms with Crippen molar-refractivity contribution < 1.29 is 29.2 Å². The van der Waals surface area contributed by atoms with E-state index in [1.165, 1.54) is 0 Å². The fourth-order valence-electron chi connectivity index (χ4n) is 1.18. The Morgan fingerprint density at radius 1 is 0.864 bits per heavy atom. The largest absolute Gasteiger partial charge is 0.394 e. The number of hydrogen-bond donors (Lipinski definition) is 2. The molecule has 0 bridgehead atoms. The van der Waals surface area contributed by atoms with Crippen LogP contribution in [0.25, 0.3) is 0 Å². The highest BCUT2D eigenvalue weighted by Crippen LogP contribution is 1.98. The minimum atomic E-state index is -0.124. The molecule has 22 heavy (non-hydrogen) atoms. The fourth-order valence-corrected chi connectivity index (χ4v) is 1.18. The van der Waals surface area contributed by atoms with Gasteiger partial charge in [-0.2, -0.15) is 0 Å². The summed E-state index contributed by atoms with van der Waals surface area (Å²) in [5.74, 6) is 0.